The molecule has 0 unspecified atom stereocenters. The van der Waals surface area contributed by atoms with Gasteiger partial charge in [-0.3, -0.25) is 0 Å². The van der Waals surface area contributed by atoms with Crippen molar-refractivity contribution in [1.29, 1.82) is 0 Å². The summed E-state index contributed by atoms with van der Waals surface area (Å²) in [6.07, 6.45) is -9.36. The van der Waals surface area contributed by atoms with Crippen LogP contribution in [0.15, 0.2) is 0 Å². The molecular weight excluding hydrogens is 212 g/mol. The number of hydrogen-bond donors (Lipinski definition) is 5. The maximum Gasteiger partial charge on any atom is 0.508 e. The Morgan fingerprint density at radius 3 is 2.27 bits per heavy atom. The van der Waals surface area contributed by atoms with E-state index in [0.29, 0.717) is 0 Å². The van der Waals surface area contributed by atoms with Gasteiger partial charge in [0.2, 0.25) is 6.29 Å². The Balaban J connectivity index is 2.69. The molecule has 1 saturated heterocycles. The average molecular weight is 224 g/mol. The predicted octanol–water partition coefficient (Wildman–Crippen LogP) is -2.52. The molecule has 15 heavy (non-hydrogen) atoms. The molecule has 1 fully saturated rings. The quantitative estimate of drug-likeness (QED) is 0.324. The second-order valence-corrected chi connectivity index (χ2v) is 3.08. The Morgan fingerprint density at radius 1 is 1.20 bits per heavy atom. The lowest BCUT2D eigenvalue weighted by Crippen LogP contribution is -2.59. The first-order valence-corrected chi connectivity index (χ1v) is 4.17. The van der Waals surface area contributed by atoms with Gasteiger partial charge in [-0.05, 0) is 0 Å². The minimum atomic E-state index is -1.70. The molecule has 8 nitrogen and oxygen atoms in total. The van der Waals surface area contributed by atoms with Crippen LogP contribution in [0, 0.1) is 0 Å². The summed E-state index contributed by atoms with van der Waals surface area (Å²) in [5, 5.41) is 44.8. The van der Waals surface area contributed by atoms with Crippen LogP contribution in [0.25, 0.3) is 0 Å². The van der Waals surface area contributed by atoms with E-state index in [-0.39, 0.29) is 0 Å². The molecule has 1 heterocycles. The zero-order valence-corrected chi connectivity index (χ0v) is 7.55. The normalized spacial score (nSPS) is 41.2. The third kappa shape index (κ3) is 2.55. The van der Waals surface area contributed by atoms with Crippen LogP contribution in [0.2, 0.25) is 0 Å². The second kappa shape index (κ2) is 4.73. The molecule has 0 saturated carbocycles. The first-order valence-electron chi connectivity index (χ1n) is 4.17. The summed E-state index contributed by atoms with van der Waals surface area (Å²) in [5.41, 5.74) is 0. The van der Waals surface area contributed by atoms with Gasteiger partial charge in [-0.2, -0.15) is 0 Å². The van der Waals surface area contributed by atoms with E-state index in [0.717, 1.165) is 0 Å². The van der Waals surface area contributed by atoms with Gasteiger partial charge in [0.15, 0.2) is 0 Å². The van der Waals surface area contributed by atoms with Crippen LogP contribution in [0.4, 0.5) is 4.79 Å². The summed E-state index contributed by atoms with van der Waals surface area (Å²) in [6.45, 7) is -0.634. The van der Waals surface area contributed by atoms with Crippen molar-refractivity contribution < 1.29 is 39.8 Å². The summed E-state index contributed by atoms with van der Waals surface area (Å²) in [4.78, 5) is 10.2. The SMILES string of the molecule is O=C(O)O[C@@H]1O[C@H](CO)[C@@H](O)[C@H](O)[C@H]1O. The fourth-order valence-electron chi connectivity index (χ4n) is 1.26. The highest BCUT2D eigenvalue weighted by Crippen LogP contribution is 2.21. The molecule has 0 radical (unpaired) electrons. The summed E-state index contributed by atoms with van der Waals surface area (Å²) in [6, 6.07) is 0. The van der Waals surface area contributed by atoms with Crippen LogP contribution in [-0.4, -0.2) is 69.0 Å². The summed E-state index contributed by atoms with van der Waals surface area (Å²) in [7, 11) is 0. The van der Waals surface area contributed by atoms with Gasteiger partial charge in [0.1, 0.15) is 24.4 Å². The van der Waals surface area contributed by atoms with Crippen LogP contribution < -0.4 is 0 Å². The summed E-state index contributed by atoms with van der Waals surface area (Å²) >= 11 is 0. The number of carbonyl (C=O) groups is 1. The topological polar surface area (TPSA) is 137 Å². The minimum absolute atomic E-state index is 0.634. The maximum atomic E-state index is 10.2. The Morgan fingerprint density at radius 2 is 1.80 bits per heavy atom. The molecule has 0 spiro atoms. The van der Waals surface area contributed by atoms with Gasteiger partial charge in [-0.1, -0.05) is 0 Å². The molecule has 1 rings (SSSR count). The van der Waals surface area contributed by atoms with Crippen molar-refractivity contribution in [3.63, 3.8) is 0 Å². The molecule has 0 aromatic heterocycles. The largest absolute Gasteiger partial charge is 0.508 e. The van der Waals surface area contributed by atoms with Gasteiger partial charge in [-0.25, -0.2) is 4.79 Å². The third-order valence-electron chi connectivity index (χ3n) is 2.07. The number of hydrogen-bond acceptors (Lipinski definition) is 7. The Labute approximate surface area is 84.3 Å². The van der Waals surface area contributed by atoms with E-state index in [2.05, 4.69) is 4.74 Å². The fourth-order valence-corrected chi connectivity index (χ4v) is 1.26. The molecule has 5 atom stereocenters. The van der Waals surface area contributed by atoms with Crippen molar-refractivity contribution in [3.8, 4) is 0 Å². The number of aliphatic hydroxyl groups excluding tert-OH is 4. The molecule has 5 N–H and O–H groups in total. The van der Waals surface area contributed by atoms with E-state index in [1.807, 2.05) is 0 Å². The van der Waals surface area contributed by atoms with Crippen LogP contribution in [0.1, 0.15) is 0 Å². The molecule has 1 aliphatic rings. The number of ether oxygens (including phenoxy) is 2. The van der Waals surface area contributed by atoms with E-state index < -0.39 is 43.5 Å². The van der Waals surface area contributed by atoms with Crippen molar-refractivity contribution in [1.82, 2.24) is 0 Å². The lowest BCUT2D eigenvalue weighted by molar-refractivity contribution is -0.287. The molecule has 0 aromatic carbocycles. The Kier molecular flexibility index (Phi) is 3.83. The molecule has 0 aliphatic carbocycles. The molecule has 88 valence electrons. The molecule has 0 aromatic rings. The molecule has 0 bridgehead atoms. The average Bonchev–Trinajstić information content (AvgIpc) is 2.18. The zero-order valence-electron chi connectivity index (χ0n) is 7.55. The standard InChI is InChI=1S/C7H12O8/c8-1-2-3(9)4(10)5(11)6(14-2)15-7(12)13/h2-6,8-11H,1H2,(H,12,13)/t2-,3-,4+,5-,6+/m1/s1. The van der Waals surface area contributed by atoms with Crippen molar-refractivity contribution >= 4 is 6.16 Å². The fraction of sp³-hybridized carbons (Fsp3) is 0.857. The lowest BCUT2D eigenvalue weighted by atomic mass is 9.99. The monoisotopic (exact) mass is 224 g/mol. The molecule has 0 amide bonds. The highest BCUT2D eigenvalue weighted by molar-refractivity contribution is 5.57. The third-order valence-corrected chi connectivity index (χ3v) is 2.07. The number of aliphatic hydroxyl groups is 4. The van der Waals surface area contributed by atoms with Crippen molar-refractivity contribution in [2.24, 2.45) is 0 Å². The first kappa shape index (κ1) is 12.1. The van der Waals surface area contributed by atoms with E-state index in [4.69, 9.17) is 14.9 Å². The Hall–Kier alpha value is -0.930. The van der Waals surface area contributed by atoms with E-state index in [9.17, 15) is 20.1 Å². The van der Waals surface area contributed by atoms with Crippen LogP contribution >= 0.6 is 0 Å². The van der Waals surface area contributed by atoms with Crippen LogP contribution in [0.5, 0.6) is 0 Å². The summed E-state index contributed by atoms with van der Waals surface area (Å²) < 4.78 is 8.84. The molecule has 1 aliphatic heterocycles. The van der Waals surface area contributed by atoms with Gasteiger partial charge in [-0.15, -0.1) is 0 Å². The maximum absolute atomic E-state index is 10.2. The van der Waals surface area contributed by atoms with E-state index >= 15 is 0 Å². The van der Waals surface area contributed by atoms with Crippen LogP contribution in [-0.2, 0) is 9.47 Å². The van der Waals surface area contributed by atoms with Gasteiger partial charge < -0.3 is 35.0 Å². The highest BCUT2D eigenvalue weighted by atomic mass is 16.8. The van der Waals surface area contributed by atoms with Gasteiger partial charge in [0, 0.05) is 0 Å². The lowest BCUT2D eigenvalue weighted by Gasteiger charge is -2.38. The van der Waals surface area contributed by atoms with Gasteiger partial charge in [0.25, 0.3) is 0 Å². The van der Waals surface area contributed by atoms with Crippen molar-refractivity contribution in [3.05, 3.63) is 0 Å². The first-order chi connectivity index (χ1) is 6.97. The smallest absolute Gasteiger partial charge is 0.450 e. The van der Waals surface area contributed by atoms with Gasteiger partial charge >= 0.3 is 6.16 Å². The molecular formula is C7H12O8. The van der Waals surface area contributed by atoms with Crippen LogP contribution in [0.3, 0.4) is 0 Å². The van der Waals surface area contributed by atoms with Gasteiger partial charge in [0.05, 0.1) is 6.61 Å². The van der Waals surface area contributed by atoms with Crippen molar-refractivity contribution in [2.45, 2.75) is 30.7 Å². The predicted molar refractivity (Wildman–Crippen MR) is 42.9 cm³/mol. The Bertz CT molecular complexity index is 229. The van der Waals surface area contributed by atoms with Crippen molar-refractivity contribution in [2.75, 3.05) is 6.61 Å². The van der Waals surface area contributed by atoms with E-state index in [1.54, 1.807) is 0 Å². The highest BCUT2D eigenvalue weighted by Gasteiger charge is 2.45. The number of carboxylic acid groups (broad SMARTS) is 1. The van der Waals surface area contributed by atoms with E-state index in [1.165, 1.54) is 0 Å². The zero-order chi connectivity index (χ0) is 11.6. The summed E-state index contributed by atoms with van der Waals surface area (Å²) in [5.74, 6) is 0. The second-order valence-electron chi connectivity index (χ2n) is 3.08. The molecule has 8 heteroatoms. The number of rotatable bonds is 2. The minimum Gasteiger partial charge on any atom is -0.450 e.